The quantitative estimate of drug-likeness (QED) is 0.586. The van der Waals surface area contributed by atoms with Crippen molar-refractivity contribution in [2.24, 2.45) is 0 Å². The fourth-order valence-corrected chi connectivity index (χ4v) is 3.22. The van der Waals surface area contributed by atoms with Gasteiger partial charge in [0.15, 0.2) is 0 Å². The summed E-state index contributed by atoms with van der Waals surface area (Å²) >= 11 is 0. The maximum absolute atomic E-state index is 8.57. The minimum Gasteiger partial charge on any atom is -0.199 e. The van der Waals surface area contributed by atoms with E-state index in [0.29, 0.717) is 0 Å². The lowest BCUT2D eigenvalue weighted by molar-refractivity contribution is 1.44. The monoisotopic (exact) mass is 171 g/mol. The minimum absolute atomic E-state index is 0.836. The summed E-state index contributed by atoms with van der Waals surface area (Å²) in [5.41, 5.74) is 0. The molecule has 0 saturated heterocycles. The van der Waals surface area contributed by atoms with Gasteiger partial charge in [0, 0.05) is 13.6 Å². The molecule has 1 nitrogen and oxygen atoms in total. The summed E-state index contributed by atoms with van der Waals surface area (Å²) in [7, 11) is -2.12. The molecule has 58 valence electrons. The van der Waals surface area contributed by atoms with E-state index in [4.69, 9.17) is 5.26 Å². The molecular weight excluding hydrogens is 154 g/mol. The van der Waals surface area contributed by atoms with Gasteiger partial charge in [-0.25, -0.2) is 0 Å². The molecule has 0 aromatic heterocycles. The van der Waals surface area contributed by atoms with Crippen molar-refractivity contribution in [3.63, 3.8) is 0 Å². The summed E-state index contributed by atoms with van der Waals surface area (Å²) < 4.78 is 0. The van der Waals surface area contributed by atoms with E-state index >= 15 is 0 Å². The first-order valence-electron chi connectivity index (χ1n) is 3.68. The Morgan fingerprint density at radius 2 is 1.50 bits per heavy atom. The molecule has 0 aromatic carbocycles. The molecule has 0 heterocycles. The number of nitriles is 1. The highest BCUT2D eigenvalue weighted by molar-refractivity contribution is 7.40. The molecule has 3 heteroatoms. The fraction of sp³-hybridized carbons (Fsp3) is 0.857. The highest BCUT2D eigenvalue weighted by atomic mass is 29.3. The second-order valence-corrected chi connectivity index (χ2v) is 21.7. The molecule has 10 heavy (non-hydrogen) atoms. The Morgan fingerprint density at radius 1 is 1.10 bits per heavy atom. The summed E-state index contributed by atoms with van der Waals surface area (Å²) in [6.45, 7) is 11.8. The maximum atomic E-state index is 8.57. The van der Waals surface area contributed by atoms with E-state index in [9.17, 15) is 0 Å². The van der Waals surface area contributed by atoms with Gasteiger partial charge in [-0.3, -0.25) is 0 Å². The van der Waals surface area contributed by atoms with Crippen molar-refractivity contribution in [3.8, 4) is 6.07 Å². The highest BCUT2D eigenvalue weighted by Crippen LogP contribution is 2.21. The molecule has 0 N–H and O–H groups in total. The van der Waals surface area contributed by atoms with Crippen molar-refractivity contribution in [3.05, 3.63) is 0 Å². The van der Waals surface area contributed by atoms with Crippen LogP contribution < -0.4 is 0 Å². The minimum atomic E-state index is -1.13. The van der Waals surface area contributed by atoms with Gasteiger partial charge in [0.1, 0.15) is 0 Å². The van der Waals surface area contributed by atoms with Crippen molar-refractivity contribution in [2.45, 2.75) is 38.8 Å². The zero-order chi connectivity index (χ0) is 8.41. The Balaban J connectivity index is 4.28. The van der Waals surface area contributed by atoms with Crippen molar-refractivity contribution >= 4 is 15.2 Å². The zero-order valence-corrected chi connectivity index (χ0v) is 9.65. The standard InChI is InChI=1S/C7H17NSi2/c1-9(2,3)10(4,5)7-6-8/h7H2,1-5H3. The third kappa shape index (κ3) is 2.27. The molecule has 0 amide bonds. The highest BCUT2D eigenvalue weighted by Gasteiger charge is 2.36. The summed E-state index contributed by atoms with van der Waals surface area (Å²) in [5, 5.41) is 8.57. The van der Waals surface area contributed by atoms with E-state index < -0.39 is 15.2 Å². The lowest BCUT2D eigenvalue weighted by Crippen LogP contribution is -2.51. The Kier molecular flexibility index (Phi) is 2.87. The van der Waals surface area contributed by atoms with Crippen LogP contribution in [0, 0.1) is 11.3 Å². The average Bonchev–Trinajstić information content (AvgIpc) is 1.61. The van der Waals surface area contributed by atoms with Crippen LogP contribution in [0.15, 0.2) is 0 Å². The second-order valence-electron chi connectivity index (χ2n) is 4.47. The lowest BCUT2D eigenvalue weighted by Gasteiger charge is -2.32. The van der Waals surface area contributed by atoms with Crippen molar-refractivity contribution < 1.29 is 0 Å². The summed E-state index contributed by atoms with van der Waals surface area (Å²) in [6, 6.07) is 3.15. The van der Waals surface area contributed by atoms with Crippen LogP contribution in [-0.4, -0.2) is 15.2 Å². The average molecular weight is 171 g/mol. The first-order chi connectivity index (χ1) is 4.31. The SMILES string of the molecule is C[Si](C)(C)[Si](C)(C)CC#N. The third-order valence-corrected chi connectivity index (χ3v) is 20.4. The normalized spacial score (nSPS) is 12.8. The van der Waals surface area contributed by atoms with E-state index in [0.717, 1.165) is 6.04 Å². The van der Waals surface area contributed by atoms with Crippen LogP contribution in [0.25, 0.3) is 0 Å². The Bertz CT molecular complexity index is 150. The van der Waals surface area contributed by atoms with Gasteiger partial charge in [0.2, 0.25) is 0 Å². The van der Waals surface area contributed by atoms with Gasteiger partial charge in [-0.05, 0) is 0 Å². The number of hydrogen-bond donors (Lipinski definition) is 0. The van der Waals surface area contributed by atoms with Crippen molar-refractivity contribution in [1.29, 1.82) is 5.26 Å². The molecule has 0 spiro atoms. The molecule has 0 atom stereocenters. The summed E-state index contributed by atoms with van der Waals surface area (Å²) in [6.07, 6.45) is 0. The van der Waals surface area contributed by atoms with E-state index in [-0.39, 0.29) is 0 Å². The van der Waals surface area contributed by atoms with Gasteiger partial charge >= 0.3 is 0 Å². The van der Waals surface area contributed by atoms with Crippen LogP contribution in [-0.2, 0) is 0 Å². The molecule has 0 radical (unpaired) electrons. The molecule has 0 aromatic rings. The van der Waals surface area contributed by atoms with Gasteiger partial charge in [0.05, 0.1) is 13.7 Å². The van der Waals surface area contributed by atoms with Crippen LogP contribution in [0.3, 0.4) is 0 Å². The first-order valence-corrected chi connectivity index (χ1v) is 11.4. The molecule has 0 aliphatic rings. The van der Waals surface area contributed by atoms with Gasteiger partial charge in [-0.15, -0.1) is 0 Å². The van der Waals surface area contributed by atoms with Gasteiger partial charge in [0.25, 0.3) is 0 Å². The molecule has 0 saturated carbocycles. The topological polar surface area (TPSA) is 23.8 Å². The Morgan fingerprint density at radius 3 is 1.60 bits per heavy atom. The predicted molar refractivity (Wildman–Crippen MR) is 51.2 cm³/mol. The summed E-state index contributed by atoms with van der Waals surface area (Å²) in [4.78, 5) is 0. The number of hydrogen-bond acceptors (Lipinski definition) is 1. The van der Waals surface area contributed by atoms with Crippen LogP contribution in [0.4, 0.5) is 0 Å². The Labute approximate surface area is 65.9 Å². The molecular formula is C7H17NSi2. The first kappa shape index (κ1) is 9.92. The predicted octanol–water partition coefficient (Wildman–Crippen LogP) is 2.63. The van der Waals surface area contributed by atoms with Gasteiger partial charge in [-0.1, -0.05) is 32.7 Å². The van der Waals surface area contributed by atoms with Gasteiger partial charge < -0.3 is 0 Å². The number of nitrogens with zero attached hydrogens (tertiary/aromatic N) is 1. The largest absolute Gasteiger partial charge is 0.199 e. The zero-order valence-electron chi connectivity index (χ0n) is 7.65. The molecule has 0 bridgehead atoms. The van der Waals surface area contributed by atoms with E-state index in [2.05, 4.69) is 38.8 Å². The van der Waals surface area contributed by atoms with E-state index in [1.54, 1.807) is 0 Å². The van der Waals surface area contributed by atoms with Crippen molar-refractivity contribution in [2.75, 3.05) is 0 Å². The van der Waals surface area contributed by atoms with Crippen LogP contribution in [0.2, 0.25) is 38.8 Å². The van der Waals surface area contributed by atoms with E-state index in [1.165, 1.54) is 0 Å². The Hall–Kier alpha value is -0.0762. The fourth-order valence-electron chi connectivity index (χ4n) is 0.463. The van der Waals surface area contributed by atoms with Crippen LogP contribution in [0.5, 0.6) is 0 Å². The van der Waals surface area contributed by atoms with Crippen molar-refractivity contribution in [1.82, 2.24) is 0 Å². The lowest BCUT2D eigenvalue weighted by atomic mass is 10.9. The molecule has 0 rings (SSSR count). The van der Waals surface area contributed by atoms with Crippen LogP contribution >= 0.6 is 0 Å². The van der Waals surface area contributed by atoms with Crippen LogP contribution in [0.1, 0.15) is 0 Å². The molecule has 0 aliphatic heterocycles. The second kappa shape index (κ2) is 2.89. The molecule has 0 fully saturated rings. The maximum Gasteiger partial charge on any atom is 0.0588 e. The summed E-state index contributed by atoms with van der Waals surface area (Å²) in [5.74, 6) is 0. The molecule has 0 unspecified atom stereocenters. The smallest absolute Gasteiger partial charge is 0.0588 e. The number of rotatable bonds is 2. The third-order valence-electron chi connectivity index (χ3n) is 2.55. The van der Waals surface area contributed by atoms with E-state index in [1.807, 2.05) is 0 Å². The molecule has 0 aliphatic carbocycles. The van der Waals surface area contributed by atoms with Gasteiger partial charge in [-0.2, -0.15) is 5.26 Å².